The molecule has 1 aliphatic heterocycles. The number of hydrogen-bond acceptors (Lipinski definition) is 7. The Bertz CT molecular complexity index is 1030. The van der Waals surface area contributed by atoms with Gasteiger partial charge in [0.2, 0.25) is 5.95 Å². The molecular weight excluding hydrogens is 438 g/mol. The lowest BCUT2D eigenvalue weighted by molar-refractivity contribution is 0.444. The molecule has 1 aliphatic rings. The second-order valence-corrected chi connectivity index (χ2v) is 9.34. The van der Waals surface area contributed by atoms with Crippen molar-refractivity contribution in [1.29, 1.82) is 0 Å². The van der Waals surface area contributed by atoms with Crippen molar-refractivity contribution in [2.75, 3.05) is 23.3 Å². The molecule has 0 spiro atoms. The fourth-order valence-corrected chi connectivity index (χ4v) is 4.65. The summed E-state index contributed by atoms with van der Waals surface area (Å²) in [5.41, 5.74) is 1.16. The predicted octanol–water partition coefficient (Wildman–Crippen LogP) is 4.70. The first-order chi connectivity index (χ1) is 15.6. The number of aromatic nitrogens is 4. The van der Waals surface area contributed by atoms with Gasteiger partial charge < -0.3 is 15.5 Å². The highest BCUT2D eigenvalue weighted by Gasteiger charge is 2.20. The molecule has 1 fully saturated rings. The van der Waals surface area contributed by atoms with Crippen LogP contribution in [0.5, 0.6) is 0 Å². The summed E-state index contributed by atoms with van der Waals surface area (Å²) < 4.78 is 0. The van der Waals surface area contributed by atoms with E-state index in [2.05, 4.69) is 56.5 Å². The molecule has 166 valence electrons. The third-order valence-corrected chi connectivity index (χ3v) is 6.31. The van der Waals surface area contributed by atoms with Crippen LogP contribution in [0.15, 0.2) is 65.0 Å². The van der Waals surface area contributed by atoms with Gasteiger partial charge in [0.05, 0.1) is 6.04 Å². The number of nitrogens with zero attached hydrogens (tertiary/aromatic N) is 5. The van der Waals surface area contributed by atoms with E-state index in [9.17, 15) is 0 Å². The average molecular weight is 466 g/mol. The van der Waals surface area contributed by atoms with Crippen molar-refractivity contribution >= 4 is 40.9 Å². The Hall–Kier alpha value is -2.78. The summed E-state index contributed by atoms with van der Waals surface area (Å²) >= 11 is 6.97. The summed E-state index contributed by atoms with van der Waals surface area (Å²) in [5.74, 6) is 2.00. The van der Waals surface area contributed by atoms with Gasteiger partial charge in [0.15, 0.2) is 10.3 Å². The van der Waals surface area contributed by atoms with E-state index >= 15 is 0 Å². The number of anilines is 2. The number of rotatable bonds is 6. The van der Waals surface area contributed by atoms with Crippen molar-refractivity contribution in [2.45, 2.75) is 42.9 Å². The third kappa shape index (κ3) is 6.14. The predicted molar refractivity (Wildman–Crippen MR) is 133 cm³/mol. The minimum absolute atomic E-state index is 0.0638. The van der Waals surface area contributed by atoms with Gasteiger partial charge in [-0.2, -0.15) is 4.98 Å². The summed E-state index contributed by atoms with van der Waals surface area (Å²) in [6, 6.07) is 14.1. The maximum Gasteiger partial charge on any atom is 0.232 e. The molecule has 3 aromatic rings. The maximum atomic E-state index is 5.56. The van der Waals surface area contributed by atoms with Crippen molar-refractivity contribution in [3.8, 4) is 0 Å². The molecular formula is C23H27N7S2. The lowest BCUT2D eigenvalue weighted by Crippen LogP contribution is -2.35. The van der Waals surface area contributed by atoms with Crippen molar-refractivity contribution in [3.63, 3.8) is 0 Å². The van der Waals surface area contributed by atoms with Gasteiger partial charge in [-0.05, 0) is 61.3 Å². The number of thiocarbonyl (C=S) groups is 1. The van der Waals surface area contributed by atoms with Gasteiger partial charge in [-0.1, -0.05) is 37.3 Å². The zero-order valence-electron chi connectivity index (χ0n) is 18.2. The average Bonchev–Trinajstić information content (AvgIpc) is 2.80. The summed E-state index contributed by atoms with van der Waals surface area (Å²) in [6.45, 7) is 6.32. The van der Waals surface area contributed by atoms with Crippen molar-refractivity contribution < 1.29 is 0 Å². The summed E-state index contributed by atoms with van der Waals surface area (Å²) in [5, 5.41) is 8.40. The van der Waals surface area contributed by atoms with Crippen molar-refractivity contribution in [1.82, 2.24) is 25.3 Å². The standard InChI is InChI=1S/C23H27N7S2/c1-16-8-6-13-30(15-16)19-14-20(32-23-24-11-7-12-25-23)28-21(27-19)29-22(31)26-17(2)18-9-4-3-5-10-18/h3-5,7,9-12,14,16-17H,6,8,13,15H2,1-2H3,(H2,26,27,28,29,31)/t16-,17+/m1/s1. The molecule has 0 bridgehead atoms. The Morgan fingerprint density at radius 3 is 2.69 bits per heavy atom. The minimum Gasteiger partial charge on any atom is -0.356 e. The van der Waals surface area contributed by atoms with Crippen LogP contribution < -0.4 is 15.5 Å². The topological polar surface area (TPSA) is 78.9 Å². The molecule has 2 N–H and O–H groups in total. The SMILES string of the molecule is C[C@@H]1CCCN(c2cc(Sc3ncccn3)nc(NC(=S)N[C@@H](C)c3ccccc3)n2)C1. The third-order valence-electron chi connectivity index (χ3n) is 5.28. The quantitative estimate of drug-likeness (QED) is 0.306. The molecule has 2 atom stereocenters. The summed E-state index contributed by atoms with van der Waals surface area (Å²) in [6.07, 6.45) is 5.87. The van der Waals surface area contributed by atoms with E-state index in [4.69, 9.17) is 17.2 Å². The largest absolute Gasteiger partial charge is 0.356 e. The van der Waals surface area contributed by atoms with E-state index in [1.54, 1.807) is 18.5 Å². The van der Waals surface area contributed by atoms with Gasteiger partial charge in [0.25, 0.3) is 0 Å². The lowest BCUT2D eigenvalue weighted by atomic mass is 10.0. The molecule has 0 unspecified atom stereocenters. The molecule has 32 heavy (non-hydrogen) atoms. The Morgan fingerprint density at radius 1 is 1.16 bits per heavy atom. The molecule has 1 aromatic carbocycles. The summed E-state index contributed by atoms with van der Waals surface area (Å²) in [7, 11) is 0. The van der Waals surface area contributed by atoms with Crippen LogP contribution in [0.4, 0.5) is 11.8 Å². The van der Waals surface area contributed by atoms with Crippen LogP contribution in [0.25, 0.3) is 0 Å². The van der Waals surface area contributed by atoms with Gasteiger partial charge in [0.1, 0.15) is 10.8 Å². The molecule has 3 heterocycles. The number of nitrogens with one attached hydrogen (secondary N) is 2. The van der Waals surface area contributed by atoms with Crippen LogP contribution in [0.3, 0.4) is 0 Å². The highest BCUT2D eigenvalue weighted by molar-refractivity contribution is 7.99. The molecule has 7 nitrogen and oxygen atoms in total. The van der Waals surface area contributed by atoms with E-state index in [1.807, 2.05) is 24.3 Å². The zero-order chi connectivity index (χ0) is 22.3. The normalized spacial score (nSPS) is 16.9. The van der Waals surface area contributed by atoms with Gasteiger partial charge in [0, 0.05) is 31.5 Å². The lowest BCUT2D eigenvalue weighted by Gasteiger charge is -2.32. The summed E-state index contributed by atoms with van der Waals surface area (Å²) in [4.78, 5) is 20.4. The van der Waals surface area contributed by atoms with E-state index in [0.717, 1.165) is 35.9 Å². The Morgan fingerprint density at radius 2 is 1.94 bits per heavy atom. The van der Waals surface area contributed by atoms with Crippen LogP contribution in [-0.4, -0.2) is 38.1 Å². The van der Waals surface area contributed by atoms with Crippen LogP contribution in [0, 0.1) is 5.92 Å². The fourth-order valence-electron chi connectivity index (χ4n) is 3.67. The highest BCUT2D eigenvalue weighted by atomic mass is 32.2. The van der Waals surface area contributed by atoms with E-state index < -0.39 is 0 Å². The van der Waals surface area contributed by atoms with Crippen LogP contribution >= 0.6 is 24.0 Å². The van der Waals surface area contributed by atoms with Crippen LogP contribution in [0.1, 0.15) is 38.3 Å². The van der Waals surface area contributed by atoms with Crippen molar-refractivity contribution in [3.05, 3.63) is 60.4 Å². The monoisotopic (exact) mass is 465 g/mol. The van der Waals surface area contributed by atoms with Gasteiger partial charge in [-0.3, -0.25) is 0 Å². The Kier molecular flexibility index (Phi) is 7.49. The molecule has 4 rings (SSSR count). The first-order valence-corrected chi connectivity index (χ1v) is 12.0. The maximum absolute atomic E-state index is 5.56. The number of hydrogen-bond donors (Lipinski definition) is 2. The number of benzene rings is 1. The second kappa shape index (κ2) is 10.7. The zero-order valence-corrected chi connectivity index (χ0v) is 19.9. The Balaban J connectivity index is 1.53. The molecule has 2 aromatic heterocycles. The first kappa shape index (κ1) is 22.4. The fraction of sp³-hybridized carbons (Fsp3) is 0.348. The highest BCUT2D eigenvalue weighted by Crippen LogP contribution is 2.29. The first-order valence-electron chi connectivity index (χ1n) is 10.8. The van der Waals surface area contributed by atoms with Crippen molar-refractivity contribution in [2.24, 2.45) is 5.92 Å². The molecule has 9 heteroatoms. The smallest absolute Gasteiger partial charge is 0.232 e. The van der Waals surface area contributed by atoms with Crippen LogP contribution in [0.2, 0.25) is 0 Å². The van der Waals surface area contributed by atoms with E-state index in [-0.39, 0.29) is 6.04 Å². The van der Waals surface area contributed by atoms with Gasteiger partial charge in [-0.15, -0.1) is 0 Å². The Labute approximate surface area is 198 Å². The molecule has 0 saturated carbocycles. The van der Waals surface area contributed by atoms with Crippen LogP contribution in [-0.2, 0) is 0 Å². The van der Waals surface area contributed by atoms with E-state index in [1.165, 1.54) is 18.2 Å². The van der Waals surface area contributed by atoms with Gasteiger partial charge in [-0.25, -0.2) is 15.0 Å². The molecule has 0 aliphatic carbocycles. The molecule has 0 amide bonds. The second-order valence-electron chi connectivity index (χ2n) is 7.95. The minimum atomic E-state index is 0.0638. The molecule has 0 radical (unpaired) electrons. The number of piperidine rings is 1. The van der Waals surface area contributed by atoms with E-state index in [0.29, 0.717) is 22.1 Å². The van der Waals surface area contributed by atoms with Gasteiger partial charge >= 0.3 is 0 Å². The molecule has 1 saturated heterocycles.